The summed E-state index contributed by atoms with van der Waals surface area (Å²) in [5.74, 6) is 0. The predicted molar refractivity (Wildman–Crippen MR) is 69.2 cm³/mol. The molecule has 1 fully saturated rings. The van der Waals surface area contributed by atoms with Crippen LogP contribution >= 0.6 is 0 Å². The first-order valence-electron chi connectivity index (χ1n) is 5.90. The number of ether oxygens (including phenoxy) is 1. The quantitative estimate of drug-likeness (QED) is 0.821. The monoisotopic (exact) mass is 247 g/mol. The summed E-state index contributed by atoms with van der Waals surface area (Å²) in [7, 11) is -0.758. The van der Waals surface area contributed by atoms with Gasteiger partial charge in [-0.15, -0.1) is 0 Å². The van der Waals surface area contributed by atoms with Crippen LogP contribution in [0.2, 0.25) is 0 Å². The lowest BCUT2D eigenvalue weighted by Gasteiger charge is -2.28. The van der Waals surface area contributed by atoms with E-state index in [2.05, 4.69) is 33.0 Å². The first-order valence-corrected chi connectivity index (χ1v) is 7.52. The molecule has 96 valence electrons. The first-order chi connectivity index (χ1) is 7.14. The Kier molecular flexibility index (Phi) is 4.19. The third-order valence-corrected chi connectivity index (χ3v) is 4.59. The van der Waals surface area contributed by atoms with Crippen molar-refractivity contribution in [2.24, 2.45) is 0 Å². The minimum Gasteiger partial charge on any atom is -0.368 e. The molecule has 1 rings (SSSR count). The molecule has 0 radical (unpaired) electrons. The average molecular weight is 247 g/mol. The maximum absolute atomic E-state index is 11.3. The summed E-state index contributed by atoms with van der Waals surface area (Å²) in [6.45, 7) is 11.3. The number of hydrogen-bond acceptors (Lipinski definition) is 3. The minimum atomic E-state index is -0.758. The Morgan fingerprint density at radius 1 is 1.44 bits per heavy atom. The highest BCUT2D eigenvalue weighted by Crippen LogP contribution is 2.37. The summed E-state index contributed by atoms with van der Waals surface area (Å²) in [5, 5.41) is 3.68. The summed E-state index contributed by atoms with van der Waals surface area (Å²) in [6.07, 6.45) is 2.76. The van der Waals surface area contributed by atoms with E-state index in [1.807, 2.05) is 6.92 Å². The van der Waals surface area contributed by atoms with Crippen LogP contribution in [0.25, 0.3) is 0 Å². The Bertz CT molecular complexity index is 276. The average Bonchev–Trinajstić information content (AvgIpc) is 2.29. The lowest BCUT2D eigenvalue weighted by atomic mass is 9.94. The molecule has 0 spiro atoms. The molecular weight excluding hydrogens is 222 g/mol. The second-order valence-corrected chi connectivity index (χ2v) is 7.74. The highest BCUT2D eigenvalue weighted by atomic mass is 32.2. The third-order valence-electron chi connectivity index (χ3n) is 3.29. The topological polar surface area (TPSA) is 38.3 Å². The molecule has 1 aliphatic heterocycles. The van der Waals surface area contributed by atoms with E-state index in [9.17, 15) is 4.21 Å². The molecule has 1 N–H and O–H groups in total. The van der Waals surface area contributed by atoms with Gasteiger partial charge < -0.3 is 10.1 Å². The molecule has 0 amide bonds. The smallest absolute Gasteiger partial charge is 0.0787 e. The summed E-state index contributed by atoms with van der Waals surface area (Å²) in [6, 6.07) is 0.341. The summed E-state index contributed by atoms with van der Waals surface area (Å²) < 4.78 is 17.3. The molecule has 0 aromatic heterocycles. The minimum absolute atomic E-state index is 0.0598. The van der Waals surface area contributed by atoms with Gasteiger partial charge in [-0.2, -0.15) is 0 Å². The predicted octanol–water partition coefficient (Wildman–Crippen LogP) is 1.69. The van der Waals surface area contributed by atoms with E-state index in [4.69, 9.17) is 4.74 Å². The molecule has 1 heterocycles. The van der Waals surface area contributed by atoms with Crippen LogP contribution in [0.1, 0.15) is 41.0 Å². The van der Waals surface area contributed by atoms with Crippen LogP contribution in [0.5, 0.6) is 0 Å². The Morgan fingerprint density at radius 2 is 2.00 bits per heavy atom. The molecule has 4 heteroatoms. The van der Waals surface area contributed by atoms with E-state index in [0.717, 1.165) is 13.0 Å². The zero-order chi connectivity index (χ0) is 12.6. The van der Waals surface area contributed by atoms with E-state index >= 15 is 0 Å². The second-order valence-electron chi connectivity index (χ2n) is 5.94. The molecule has 3 atom stereocenters. The van der Waals surface area contributed by atoms with Crippen molar-refractivity contribution in [2.75, 3.05) is 12.8 Å². The highest BCUT2D eigenvalue weighted by molar-refractivity contribution is 7.84. The largest absolute Gasteiger partial charge is 0.368 e. The van der Waals surface area contributed by atoms with Crippen LogP contribution in [-0.2, 0) is 15.5 Å². The van der Waals surface area contributed by atoms with Gasteiger partial charge in [-0.3, -0.25) is 4.21 Å². The summed E-state index contributed by atoms with van der Waals surface area (Å²) in [4.78, 5) is 0. The lowest BCUT2D eigenvalue weighted by molar-refractivity contribution is -0.0697. The molecule has 0 aliphatic carbocycles. The Morgan fingerprint density at radius 3 is 2.38 bits per heavy atom. The van der Waals surface area contributed by atoms with E-state index in [1.54, 1.807) is 6.26 Å². The van der Waals surface area contributed by atoms with Crippen molar-refractivity contribution in [3.8, 4) is 0 Å². The Balaban J connectivity index is 2.52. The second kappa shape index (κ2) is 4.75. The summed E-state index contributed by atoms with van der Waals surface area (Å²) >= 11 is 0. The zero-order valence-corrected chi connectivity index (χ0v) is 12.1. The molecule has 0 saturated carbocycles. The normalized spacial score (nSPS) is 31.2. The molecular formula is C12H25NO2S. The molecule has 3 unspecified atom stereocenters. The van der Waals surface area contributed by atoms with Gasteiger partial charge in [-0.1, -0.05) is 0 Å². The summed E-state index contributed by atoms with van der Waals surface area (Å²) in [5.41, 5.74) is -0.200. The van der Waals surface area contributed by atoms with Crippen LogP contribution in [0.3, 0.4) is 0 Å². The van der Waals surface area contributed by atoms with Gasteiger partial charge in [0, 0.05) is 34.9 Å². The maximum Gasteiger partial charge on any atom is 0.0787 e. The van der Waals surface area contributed by atoms with Gasteiger partial charge in [0.05, 0.1) is 11.2 Å². The highest BCUT2D eigenvalue weighted by Gasteiger charge is 2.45. The SMILES string of the molecule is CC(CNC1CC(C)(C)OC1(C)C)S(C)=O. The molecule has 0 aromatic rings. The maximum atomic E-state index is 11.3. The van der Waals surface area contributed by atoms with E-state index < -0.39 is 10.8 Å². The zero-order valence-electron chi connectivity index (χ0n) is 11.3. The Hall–Kier alpha value is 0.0700. The fraction of sp³-hybridized carbons (Fsp3) is 1.00. The van der Waals surface area contributed by atoms with E-state index in [0.29, 0.717) is 6.04 Å². The Labute approximate surface area is 102 Å². The molecule has 1 saturated heterocycles. The van der Waals surface area contributed by atoms with E-state index in [1.165, 1.54) is 0 Å². The van der Waals surface area contributed by atoms with Gasteiger partial charge in [-0.25, -0.2) is 0 Å². The van der Waals surface area contributed by atoms with Crippen molar-refractivity contribution in [3.63, 3.8) is 0 Å². The van der Waals surface area contributed by atoms with Crippen molar-refractivity contribution < 1.29 is 8.95 Å². The number of nitrogens with one attached hydrogen (secondary N) is 1. The molecule has 0 bridgehead atoms. The van der Waals surface area contributed by atoms with Crippen molar-refractivity contribution in [1.29, 1.82) is 0 Å². The molecule has 3 nitrogen and oxygen atoms in total. The van der Waals surface area contributed by atoms with E-state index in [-0.39, 0.29) is 16.5 Å². The van der Waals surface area contributed by atoms with Crippen LogP contribution < -0.4 is 5.32 Å². The molecule has 1 aliphatic rings. The van der Waals surface area contributed by atoms with Gasteiger partial charge in [0.15, 0.2) is 0 Å². The van der Waals surface area contributed by atoms with Gasteiger partial charge in [0.1, 0.15) is 0 Å². The van der Waals surface area contributed by atoms with Gasteiger partial charge >= 0.3 is 0 Å². The number of rotatable bonds is 4. The molecule has 16 heavy (non-hydrogen) atoms. The van der Waals surface area contributed by atoms with Crippen LogP contribution in [0, 0.1) is 0 Å². The van der Waals surface area contributed by atoms with Crippen LogP contribution in [0.4, 0.5) is 0 Å². The van der Waals surface area contributed by atoms with Crippen LogP contribution in [-0.4, -0.2) is 39.5 Å². The van der Waals surface area contributed by atoms with Crippen LogP contribution in [0.15, 0.2) is 0 Å². The number of hydrogen-bond donors (Lipinski definition) is 1. The molecule has 0 aromatic carbocycles. The van der Waals surface area contributed by atoms with Gasteiger partial charge in [0.2, 0.25) is 0 Å². The first kappa shape index (κ1) is 14.1. The van der Waals surface area contributed by atoms with Crippen molar-refractivity contribution >= 4 is 10.8 Å². The fourth-order valence-electron chi connectivity index (χ4n) is 2.31. The van der Waals surface area contributed by atoms with Gasteiger partial charge in [-0.05, 0) is 41.0 Å². The lowest BCUT2D eigenvalue weighted by Crippen LogP contribution is -2.46. The standard InChI is InChI=1S/C12H25NO2S/c1-9(16(6)14)8-13-10-7-11(2,3)15-12(10,4)5/h9-10,13H,7-8H2,1-6H3. The van der Waals surface area contributed by atoms with Crippen molar-refractivity contribution in [1.82, 2.24) is 5.32 Å². The fourth-order valence-corrected chi connectivity index (χ4v) is 2.64. The van der Waals surface area contributed by atoms with Crippen molar-refractivity contribution in [3.05, 3.63) is 0 Å². The van der Waals surface area contributed by atoms with Crippen molar-refractivity contribution in [2.45, 2.75) is 63.5 Å². The van der Waals surface area contributed by atoms with Gasteiger partial charge in [0.25, 0.3) is 0 Å². The third kappa shape index (κ3) is 3.54.